The van der Waals surface area contributed by atoms with E-state index in [2.05, 4.69) is 56.4 Å². The average molecular weight is 895 g/mol. The third-order valence-corrected chi connectivity index (χ3v) is 10.1. The predicted molar refractivity (Wildman–Crippen MR) is 247 cm³/mol. The molecule has 2 aliphatic rings. The van der Waals surface area contributed by atoms with Crippen LogP contribution in [0.3, 0.4) is 0 Å². The molecule has 6 heterocycles. The Morgan fingerprint density at radius 2 is 1.08 bits per heavy atom. The minimum Gasteiger partial charge on any atom is -0.480 e. The molecule has 2 amide bonds. The van der Waals surface area contributed by atoms with Crippen LogP contribution in [0.4, 0.5) is 23.3 Å². The van der Waals surface area contributed by atoms with E-state index in [4.69, 9.17) is 5.11 Å². The van der Waals surface area contributed by atoms with Crippen LogP contribution in [-0.4, -0.2) is 96.8 Å². The van der Waals surface area contributed by atoms with Gasteiger partial charge in [0.1, 0.15) is 13.1 Å². The minimum atomic E-state index is -0.960. The molecule has 2 aliphatic carbocycles. The van der Waals surface area contributed by atoms with E-state index in [0.29, 0.717) is 46.4 Å². The quantitative estimate of drug-likeness (QED) is 0.0745. The van der Waals surface area contributed by atoms with Crippen molar-refractivity contribution in [1.82, 2.24) is 59.4 Å². The highest BCUT2D eigenvalue weighted by atomic mass is 16.5. The van der Waals surface area contributed by atoms with Crippen LogP contribution in [-0.2, 0) is 27.4 Å². The van der Waals surface area contributed by atoms with Crippen LogP contribution in [0.15, 0.2) is 110 Å². The molecule has 0 atom stereocenters. The Bertz CT molecular complexity index is 2960. The van der Waals surface area contributed by atoms with Crippen molar-refractivity contribution in [2.45, 2.75) is 72.1 Å². The molecule has 10 rings (SSSR count). The minimum absolute atomic E-state index is 0. The van der Waals surface area contributed by atoms with E-state index in [-0.39, 0.29) is 38.3 Å². The molecule has 5 N–H and O–H groups in total. The van der Waals surface area contributed by atoms with E-state index < -0.39 is 5.97 Å². The first-order valence-corrected chi connectivity index (χ1v) is 21.0. The molecule has 0 unspecified atom stereocenters. The predicted octanol–water partition coefficient (Wildman–Crippen LogP) is 6.38. The molecule has 2 fully saturated rings. The van der Waals surface area contributed by atoms with E-state index in [1.165, 1.54) is 16.5 Å². The lowest BCUT2D eigenvalue weighted by atomic mass is 10.1. The summed E-state index contributed by atoms with van der Waals surface area (Å²) >= 11 is 0. The fourth-order valence-electron chi connectivity index (χ4n) is 6.54. The van der Waals surface area contributed by atoms with Crippen LogP contribution in [0.25, 0.3) is 33.5 Å². The van der Waals surface area contributed by atoms with E-state index >= 15 is 0 Å². The number of benzene rings is 2. The smallest absolute Gasteiger partial charge is 0.327 e. The van der Waals surface area contributed by atoms with Crippen molar-refractivity contribution in [3.05, 3.63) is 121 Å². The number of carbonyl (C=O) groups is 4. The summed E-state index contributed by atoms with van der Waals surface area (Å²) in [7, 11) is 1.34. The topological polar surface area (TPSA) is 242 Å². The number of nitrogens with one attached hydrogen (secondary N) is 4. The molecule has 8 aromatic rings. The molecule has 2 aromatic carbocycles. The number of esters is 1. The highest BCUT2D eigenvalue weighted by molar-refractivity contribution is 5.95. The van der Waals surface area contributed by atoms with Gasteiger partial charge in [0, 0.05) is 81.6 Å². The van der Waals surface area contributed by atoms with E-state index in [0.717, 1.165) is 59.3 Å². The summed E-state index contributed by atoms with van der Waals surface area (Å²) in [6.07, 6.45) is 14.5. The highest BCUT2D eigenvalue weighted by Crippen LogP contribution is 2.27. The molecule has 0 saturated heterocycles. The molecule has 20 heteroatoms. The van der Waals surface area contributed by atoms with Crippen LogP contribution in [0.1, 0.15) is 67.7 Å². The Morgan fingerprint density at radius 3 is 1.47 bits per heavy atom. The number of pyridine rings is 2. The van der Waals surface area contributed by atoms with E-state index in [9.17, 15) is 19.2 Å². The summed E-state index contributed by atoms with van der Waals surface area (Å²) in [5.41, 5.74) is 7.20. The molecular formula is C46H50N14O6. The Balaban J connectivity index is 0.000000187. The largest absolute Gasteiger partial charge is 0.480 e. The van der Waals surface area contributed by atoms with E-state index in [1.54, 1.807) is 70.5 Å². The second-order valence-electron chi connectivity index (χ2n) is 15.0. The first-order valence-electron chi connectivity index (χ1n) is 21.0. The van der Waals surface area contributed by atoms with Gasteiger partial charge in [-0.05, 0) is 98.5 Å². The van der Waals surface area contributed by atoms with Crippen molar-refractivity contribution in [3.8, 4) is 22.3 Å². The number of carbonyl (C=O) groups excluding carboxylic acids is 3. The SMILES string of the molecule is C.CC.COC(=O)Cn1cc(-c2cccn3nc(Nc4ccc(C(=O)NC5CC5)cc4)nc23)cn1.O=C(O)Cn1cc(-c2cccn3nc(Nc4ccc(C(=O)NC5CC5)cc4)nc23)cn1. The van der Waals surface area contributed by atoms with Crippen molar-refractivity contribution in [3.63, 3.8) is 0 Å². The van der Waals surface area contributed by atoms with Crippen LogP contribution in [0, 0.1) is 0 Å². The number of carboxylic acids is 1. The first-order chi connectivity index (χ1) is 31.6. The zero-order valence-electron chi connectivity index (χ0n) is 35.8. The molecule has 2 saturated carbocycles. The third kappa shape index (κ3) is 11.2. The molecule has 20 nitrogen and oxygen atoms in total. The number of hydrogen-bond acceptors (Lipinski definition) is 13. The Morgan fingerprint density at radius 1 is 0.652 bits per heavy atom. The number of hydrogen-bond donors (Lipinski definition) is 5. The number of rotatable bonds is 14. The number of fused-ring (bicyclic) bond motifs is 2. The summed E-state index contributed by atoms with van der Waals surface area (Å²) in [6, 6.07) is 22.5. The monoisotopic (exact) mass is 894 g/mol. The summed E-state index contributed by atoms with van der Waals surface area (Å²) in [5.74, 6) is -0.619. The Labute approximate surface area is 379 Å². The van der Waals surface area contributed by atoms with Gasteiger partial charge in [-0.15, -0.1) is 10.2 Å². The van der Waals surface area contributed by atoms with Crippen LogP contribution in [0.5, 0.6) is 0 Å². The van der Waals surface area contributed by atoms with Crippen molar-refractivity contribution in [1.29, 1.82) is 0 Å². The molecule has 0 aliphatic heterocycles. The number of amides is 2. The standard InChI is InChI=1S/C22H21N7O3.C21H19N7O3.C2H6.CH4/c1-32-19(30)13-28-12-15(11-23-28)18-3-2-10-29-20(18)26-22(27-29)25-17-6-4-14(5-7-17)21(31)24-16-8-9-16;29-18(30)12-27-11-14(10-22-27)17-2-1-9-28-19(17)25-21(26-28)24-16-5-3-13(4-6-16)20(31)23-15-7-8-15;1-2;/h2-7,10-12,16H,8-9,13H2,1H3,(H,24,31)(H,25,27);1-6,9-11,15H,7-8,12H2,(H,23,31)(H,24,26)(H,29,30);1-2H3;1H4. The number of ether oxygens (including phenoxy) is 1. The lowest BCUT2D eigenvalue weighted by Crippen LogP contribution is -2.25. The average Bonchev–Trinajstić information content (AvgIpc) is 4.06. The molecular weight excluding hydrogens is 845 g/mol. The maximum absolute atomic E-state index is 12.1. The van der Waals surface area contributed by atoms with Gasteiger partial charge in [-0.3, -0.25) is 28.5 Å². The second-order valence-corrected chi connectivity index (χ2v) is 15.0. The first kappa shape index (κ1) is 45.6. The third-order valence-electron chi connectivity index (χ3n) is 10.1. The zero-order chi connectivity index (χ0) is 45.5. The van der Waals surface area contributed by atoms with Gasteiger partial charge in [-0.25, -0.2) is 9.03 Å². The Kier molecular flexibility index (Phi) is 14.1. The maximum Gasteiger partial charge on any atom is 0.327 e. The van der Waals surface area contributed by atoms with Crippen LogP contribution >= 0.6 is 0 Å². The van der Waals surface area contributed by atoms with Gasteiger partial charge < -0.3 is 31.1 Å². The zero-order valence-corrected chi connectivity index (χ0v) is 35.8. The number of nitrogens with zero attached hydrogens (tertiary/aromatic N) is 10. The van der Waals surface area contributed by atoms with Gasteiger partial charge in [0.2, 0.25) is 11.9 Å². The Hall–Kier alpha value is -8.42. The van der Waals surface area contributed by atoms with Gasteiger partial charge in [0.15, 0.2) is 11.3 Å². The van der Waals surface area contributed by atoms with Gasteiger partial charge in [0.25, 0.3) is 11.8 Å². The van der Waals surface area contributed by atoms with E-state index in [1.807, 2.05) is 62.4 Å². The fourth-order valence-corrected chi connectivity index (χ4v) is 6.54. The number of aliphatic carboxylic acids is 1. The molecule has 0 bridgehead atoms. The van der Waals surface area contributed by atoms with Crippen molar-refractivity contribution >= 4 is 58.3 Å². The number of methoxy groups -OCH3 is 1. The summed E-state index contributed by atoms with van der Waals surface area (Å²) in [5, 5.41) is 38.4. The molecule has 0 radical (unpaired) electrons. The fraction of sp³-hybridized carbons (Fsp3) is 0.261. The molecule has 340 valence electrons. The maximum atomic E-state index is 12.1. The van der Waals surface area contributed by atoms with Crippen molar-refractivity contribution in [2.75, 3.05) is 17.7 Å². The summed E-state index contributed by atoms with van der Waals surface area (Å²) < 4.78 is 10.9. The number of aromatic nitrogens is 10. The lowest BCUT2D eigenvalue weighted by molar-refractivity contribution is -0.141. The molecule has 6 aromatic heterocycles. The molecule has 66 heavy (non-hydrogen) atoms. The second kappa shape index (κ2) is 20.4. The number of anilines is 4. The van der Waals surface area contributed by atoms with Crippen LogP contribution < -0.4 is 21.3 Å². The molecule has 0 spiro atoms. The van der Waals surface area contributed by atoms with Crippen molar-refractivity contribution in [2.24, 2.45) is 0 Å². The van der Waals surface area contributed by atoms with Gasteiger partial charge in [-0.1, -0.05) is 21.3 Å². The van der Waals surface area contributed by atoms with Crippen molar-refractivity contribution < 1.29 is 29.0 Å². The highest BCUT2D eigenvalue weighted by Gasteiger charge is 2.25. The summed E-state index contributed by atoms with van der Waals surface area (Å²) in [6.45, 7) is 3.82. The summed E-state index contributed by atoms with van der Waals surface area (Å²) in [4.78, 5) is 55.8. The normalized spacial score (nSPS) is 12.7. The lowest BCUT2D eigenvalue weighted by Gasteiger charge is -2.05. The van der Waals surface area contributed by atoms with Gasteiger partial charge >= 0.3 is 11.9 Å². The van der Waals surface area contributed by atoms with Gasteiger partial charge in [0.05, 0.1) is 19.5 Å². The van der Waals surface area contributed by atoms with Crippen LogP contribution in [0.2, 0.25) is 0 Å². The van der Waals surface area contributed by atoms with Gasteiger partial charge in [-0.2, -0.15) is 20.2 Å². The number of carboxylic acid groups (broad SMARTS) is 1.